The summed E-state index contributed by atoms with van der Waals surface area (Å²) in [6.45, 7) is 7.71. The molecule has 6 heterocycles. The molecule has 0 saturated carbocycles. The number of nitrogens with one attached hydrogen (secondary N) is 2. The molecule has 8 nitrogen and oxygen atoms in total. The smallest absolute Gasteiger partial charge is 0.157 e. The Kier molecular flexibility index (Phi) is 4.38. The molecule has 0 bridgehead atoms. The van der Waals surface area contributed by atoms with Gasteiger partial charge in [-0.3, -0.25) is 15.0 Å². The van der Waals surface area contributed by atoms with Gasteiger partial charge in [0.15, 0.2) is 5.82 Å². The Bertz CT molecular complexity index is 1370. The van der Waals surface area contributed by atoms with Crippen LogP contribution in [-0.4, -0.2) is 63.0 Å². The minimum atomic E-state index is -0.800. The average molecular weight is 445 g/mol. The molecule has 9 heteroatoms. The summed E-state index contributed by atoms with van der Waals surface area (Å²) in [5.41, 5.74) is 5.08. The van der Waals surface area contributed by atoms with Gasteiger partial charge in [0.25, 0.3) is 0 Å². The molecule has 2 aliphatic heterocycles. The van der Waals surface area contributed by atoms with E-state index in [9.17, 15) is 0 Å². The molecular formula is C24H25FN8. The zero-order valence-corrected chi connectivity index (χ0v) is 18.9. The molecule has 0 amide bonds. The third-order valence-electron chi connectivity index (χ3n) is 6.89. The van der Waals surface area contributed by atoms with Gasteiger partial charge in [-0.2, -0.15) is 0 Å². The number of rotatable bonds is 3. The SMILES string of the molecule is Cc1ccncc1-c1ncc2c(c1F)C(C)(c1nc3c(N4CCN(C)CC4)cncc3[nH]1)N2. The first-order valence-corrected chi connectivity index (χ1v) is 11.1. The molecule has 0 spiro atoms. The van der Waals surface area contributed by atoms with E-state index < -0.39 is 5.54 Å². The number of nitrogens with zero attached hydrogens (tertiary/aromatic N) is 6. The third kappa shape index (κ3) is 2.99. The van der Waals surface area contributed by atoms with Gasteiger partial charge >= 0.3 is 0 Å². The maximum absolute atomic E-state index is 15.8. The summed E-state index contributed by atoms with van der Waals surface area (Å²) in [6, 6.07) is 1.86. The van der Waals surface area contributed by atoms with E-state index in [2.05, 4.69) is 42.1 Å². The molecule has 0 aromatic carbocycles. The fraction of sp³-hybridized carbons (Fsp3) is 0.333. The topological polar surface area (TPSA) is 85.9 Å². The van der Waals surface area contributed by atoms with Crippen LogP contribution in [0.15, 0.2) is 37.1 Å². The number of fused-ring (bicyclic) bond motifs is 2. The van der Waals surface area contributed by atoms with Crippen molar-refractivity contribution in [3.05, 3.63) is 59.8 Å². The molecule has 2 N–H and O–H groups in total. The first kappa shape index (κ1) is 20.0. The number of aryl methyl sites for hydroxylation is 1. The van der Waals surface area contributed by atoms with Crippen LogP contribution in [0.3, 0.4) is 0 Å². The van der Waals surface area contributed by atoms with E-state index in [1.165, 1.54) is 0 Å². The van der Waals surface area contributed by atoms with Crippen LogP contribution >= 0.6 is 0 Å². The fourth-order valence-electron chi connectivity index (χ4n) is 4.85. The highest BCUT2D eigenvalue weighted by atomic mass is 19.1. The van der Waals surface area contributed by atoms with Crippen molar-refractivity contribution in [2.24, 2.45) is 0 Å². The molecule has 0 radical (unpaired) electrons. The van der Waals surface area contributed by atoms with E-state index >= 15 is 4.39 Å². The number of imidazole rings is 1. The van der Waals surface area contributed by atoms with E-state index in [-0.39, 0.29) is 5.82 Å². The summed E-state index contributed by atoms with van der Waals surface area (Å²) >= 11 is 0. The number of aromatic amines is 1. The second-order valence-electron chi connectivity index (χ2n) is 9.08. The lowest BCUT2D eigenvalue weighted by Gasteiger charge is -2.41. The van der Waals surface area contributed by atoms with Crippen LogP contribution in [0.25, 0.3) is 22.3 Å². The maximum Gasteiger partial charge on any atom is 0.157 e. The van der Waals surface area contributed by atoms with Crippen LogP contribution in [0.5, 0.6) is 0 Å². The number of likely N-dealkylation sites (N-methyl/N-ethyl adjacent to an activating group) is 1. The average Bonchev–Trinajstić information content (AvgIpc) is 3.24. The molecule has 4 aromatic heterocycles. The lowest BCUT2D eigenvalue weighted by Crippen LogP contribution is -2.45. The minimum absolute atomic E-state index is 0.308. The Morgan fingerprint density at radius 3 is 2.67 bits per heavy atom. The molecule has 1 unspecified atom stereocenters. The van der Waals surface area contributed by atoms with Gasteiger partial charge < -0.3 is 20.1 Å². The molecule has 1 atom stereocenters. The lowest BCUT2D eigenvalue weighted by atomic mass is 9.81. The number of pyridine rings is 3. The molecule has 1 saturated heterocycles. The van der Waals surface area contributed by atoms with Crippen LogP contribution < -0.4 is 10.2 Å². The summed E-state index contributed by atoms with van der Waals surface area (Å²) in [6.07, 6.45) is 8.69. The first-order valence-electron chi connectivity index (χ1n) is 11.1. The Hall–Kier alpha value is -3.59. The Morgan fingerprint density at radius 2 is 1.88 bits per heavy atom. The standard InChI is InChI=1S/C24H25FN8/c1-14-4-5-26-10-15(14)21-20(25)19-16(12-28-21)31-24(19,2)23-29-17-11-27-13-18(22(17)30-23)33-8-6-32(3)7-9-33/h4-5,10-13,31H,6-9H2,1-3H3,(H,29,30). The zero-order chi connectivity index (χ0) is 22.7. The minimum Gasteiger partial charge on any atom is -0.367 e. The second-order valence-corrected chi connectivity index (χ2v) is 9.08. The number of piperazine rings is 1. The van der Waals surface area contributed by atoms with E-state index in [0.29, 0.717) is 28.3 Å². The molecule has 6 rings (SSSR count). The predicted octanol–water partition coefficient (Wildman–Crippen LogP) is 3.30. The van der Waals surface area contributed by atoms with Gasteiger partial charge in [0.05, 0.1) is 35.5 Å². The van der Waals surface area contributed by atoms with E-state index in [4.69, 9.17) is 4.98 Å². The van der Waals surface area contributed by atoms with Gasteiger partial charge in [0, 0.05) is 49.7 Å². The van der Waals surface area contributed by atoms with Crippen LogP contribution in [0.1, 0.15) is 23.9 Å². The van der Waals surface area contributed by atoms with Crippen molar-refractivity contribution in [1.82, 2.24) is 29.8 Å². The Labute approximate surface area is 190 Å². The van der Waals surface area contributed by atoms with Crippen molar-refractivity contribution in [3.63, 3.8) is 0 Å². The van der Waals surface area contributed by atoms with Crippen LogP contribution in [-0.2, 0) is 5.54 Å². The largest absolute Gasteiger partial charge is 0.367 e. The first-order chi connectivity index (χ1) is 16.0. The third-order valence-corrected chi connectivity index (χ3v) is 6.89. The van der Waals surface area contributed by atoms with Crippen LogP contribution in [0.4, 0.5) is 15.8 Å². The Morgan fingerprint density at radius 1 is 1.06 bits per heavy atom. The van der Waals surface area contributed by atoms with Gasteiger partial charge in [0.1, 0.15) is 22.6 Å². The van der Waals surface area contributed by atoms with E-state index in [1.54, 1.807) is 24.8 Å². The summed E-state index contributed by atoms with van der Waals surface area (Å²) in [5.74, 6) is 0.315. The van der Waals surface area contributed by atoms with Crippen LogP contribution in [0.2, 0.25) is 0 Å². The fourth-order valence-corrected chi connectivity index (χ4v) is 4.85. The molecule has 33 heavy (non-hydrogen) atoms. The van der Waals surface area contributed by atoms with Crippen LogP contribution in [0, 0.1) is 12.7 Å². The molecule has 168 valence electrons. The number of aromatic nitrogens is 5. The summed E-state index contributed by atoms with van der Waals surface area (Å²) in [7, 11) is 2.13. The number of hydrogen-bond acceptors (Lipinski definition) is 7. The van der Waals surface area contributed by atoms with Crippen molar-refractivity contribution in [3.8, 4) is 11.3 Å². The molecule has 2 aliphatic rings. The highest BCUT2D eigenvalue weighted by molar-refractivity contribution is 5.88. The second kappa shape index (κ2) is 7.21. The van der Waals surface area contributed by atoms with Crippen molar-refractivity contribution in [2.75, 3.05) is 43.4 Å². The normalized spacial score (nSPS) is 20.4. The van der Waals surface area contributed by atoms with Gasteiger partial charge in [-0.25, -0.2) is 9.37 Å². The number of anilines is 2. The molecule has 1 fully saturated rings. The molecule has 4 aromatic rings. The van der Waals surface area contributed by atoms with E-state index in [0.717, 1.165) is 48.5 Å². The predicted molar refractivity (Wildman–Crippen MR) is 126 cm³/mol. The summed E-state index contributed by atoms with van der Waals surface area (Å²) in [5, 5.41) is 3.36. The summed E-state index contributed by atoms with van der Waals surface area (Å²) < 4.78 is 15.8. The maximum atomic E-state index is 15.8. The number of halogens is 1. The highest BCUT2D eigenvalue weighted by Gasteiger charge is 2.46. The Balaban J connectivity index is 1.43. The van der Waals surface area contributed by atoms with Gasteiger partial charge in [-0.1, -0.05) is 0 Å². The highest BCUT2D eigenvalue weighted by Crippen LogP contribution is 2.48. The van der Waals surface area contributed by atoms with Crippen molar-refractivity contribution >= 4 is 22.4 Å². The van der Waals surface area contributed by atoms with Crippen molar-refractivity contribution < 1.29 is 4.39 Å². The molecular weight excluding hydrogens is 419 g/mol. The van der Waals surface area contributed by atoms with Gasteiger partial charge in [-0.05, 0) is 32.5 Å². The van der Waals surface area contributed by atoms with Gasteiger partial charge in [0.2, 0.25) is 0 Å². The quantitative estimate of drug-likeness (QED) is 0.501. The van der Waals surface area contributed by atoms with Gasteiger partial charge in [-0.15, -0.1) is 0 Å². The van der Waals surface area contributed by atoms with Crippen molar-refractivity contribution in [1.29, 1.82) is 0 Å². The van der Waals surface area contributed by atoms with Crippen molar-refractivity contribution in [2.45, 2.75) is 19.4 Å². The zero-order valence-electron chi connectivity index (χ0n) is 18.9. The number of H-pyrrole nitrogens is 1. The monoisotopic (exact) mass is 444 g/mol. The molecule has 0 aliphatic carbocycles. The van der Waals surface area contributed by atoms with E-state index in [1.807, 2.05) is 26.1 Å². The summed E-state index contributed by atoms with van der Waals surface area (Å²) in [4.78, 5) is 25.9. The lowest BCUT2D eigenvalue weighted by molar-refractivity contribution is 0.313. The number of hydrogen-bond donors (Lipinski definition) is 2.